The molecule has 1 atom stereocenters. The van der Waals surface area contributed by atoms with Crippen molar-refractivity contribution in [3.63, 3.8) is 0 Å². The number of rotatable bonds is 0. The predicted molar refractivity (Wildman–Crippen MR) is 42.9 cm³/mol. The Morgan fingerprint density at radius 1 is 1.75 bits per heavy atom. The van der Waals surface area contributed by atoms with Crippen molar-refractivity contribution in [3.8, 4) is 11.8 Å². The first-order chi connectivity index (χ1) is 5.81. The standard InChI is InChI=1S/C9H8N2O/c1-6-5-12-8-2-7(3-10)4-11-9(6)8/h2,4,6H,5H2,1H3. The van der Waals surface area contributed by atoms with E-state index in [1.165, 1.54) is 0 Å². The molecule has 0 saturated carbocycles. The van der Waals surface area contributed by atoms with Crippen LogP contribution in [-0.4, -0.2) is 11.6 Å². The van der Waals surface area contributed by atoms with Crippen molar-refractivity contribution in [2.45, 2.75) is 12.8 Å². The summed E-state index contributed by atoms with van der Waals surface area (Å²) in [7, 11) is 0. The van der Waals surface area contributed by atoms with Gasteiger partial charge in [0.05, 0.1) is 17.9 Å². The monoisotopic (exact) mass is 160 g/mol. The fraction of sp³-hybridized carbons (Fsp3) is 0.333. The van der Waals surface area contributed by atoms with Gasteiger partial charge in [-0.25, -0.2) is 0 Å². The molecule has 0 amide bonds. The fourth-order valence-electron chi connectivity index (χ4n) is 1.30. The average Bonchev–Trinajstić information content (AvgIpc) is 2.47. The highest BCUT2D eigenvalue weighted by molar-refractivity contribution is 5.40. The highest BCUT2D eigenvalue weighted by Crippen LogP contribution is 2.31. The van der Waals surface area contributed by atoms with Crippen LogP contribution < -0.4 is 4.74 Å². The largest absolute Gasteiger partial charge is 0.491 e. The van der Waals surface area contributed by atoms with Gasteiger partial charge in [-0.05, 0) is 0 Å². The molecule has 12 heavy (non-hydrogen) atoms. The highest BCUT2D eigenvalue weighted by atomic mass is 16.5. The van der Waals surface area contributed by atoms with Crippen molar-refractivity contribution in [2.75, 3.05) is 6.61 Å². The van der Waals surface area contributed by atoms with Gasteiger partial charge in [0.1, 0.15) is 11.8 Å². The van der Waals surface area contributed by atoms with Gasteiger partial charge in [0.25, 0.3) is 0 Å². The summed E-state index contributed by atoms with van der Waals surface area (Å²) in [6, 6.07) is 3.77. The van der Waals surface area contributed by atoms with E-state index < -0.39 is 0 Å². The summed E-state index contributed by atoms with van der Waals surface area (Å²) >= 11 is 0. The summed E-state index contributed by atoms with van der Waals surface area (Å²) < 4.78 is 5.34. The van der Waals surface area contributed by atoms with Crippen molar-refractivity contribution in [2.24, 2.45) is 0 Å². The first kappa shape index (κ1) is 7.11. The molecule has 0 saturated heterocycles. The zero-order chi connectivity index (χ0) is 8.55. The number of nitriles is 1. The Kier molecular flexibility index (Phi) is 1.47. The molecule has 0 aromatic carbocycles. The quantitative estimate of drug-likeness (QED) is 0.577. The molecule has 1 aliphatic heterocycles. The van der Waals surface area contributed by atoms with E-state index in [4.69, 9.17) is 10.00 Å². The number of aromatic nitrogens is 1. The molecule has 1 aliphatic rings. The molecule has 2 rings (SSSR count). The van der Waals surface area contributed by atoms with Crippen LogP contribution in [0.4, 0.5) is 0 Å². The van der Waals surface area contributed by atoms with E-state index in [0.717, 1.165) is 11.4 Å². The number of nitrogens with zero attached hydrogens (tertiary/aromatic N) is 2. The summed E-state index contributed by atoms with van der Waals surface area (Å²) in [6.45, 7) is 2.74. The number of fused-ring (bicyclic) bond motifs is 1. The Hall–Kier alpha value is -1.56. The highest BCUT2D eigenvalue weighted by Gasteiger charge is 2.21. The minimum atomic E-state index is 0.354. The average molecular weight is 160 g/mol. The van der Waals surface area contributed by atoms with Crippen LogP contribution in [0.2, 0.25) is 0 Å². The Bertz CT molecular complexity index is 354. The van der Waals surface area contributed by atoms with Gasteiger partial charge in [0.15, 0.2) is 0 Å². The van der Waals surface area contributed by atoms with E-state index in [1.807, 2.05) is 6.07 Å². The SMILES string of the molecule is CC1COc2cc(C#N)cnc21. The van der Waals surface area contributed by atoms with Crippen LogP contribution in [-0.2, 0) is 0 Å². The maximum absolute atomic E-state index is 8.59. The predicted octanol–water partition coefficient (Wildman–Crippen LogP) is 1.45. The van der Waals surface area contributed by atoms with Crippen LogP contribution in [0, 0.1) is 11.3 Å². The van der Waals surface area contributed by atoms with Gasteiger partial charge < -0.3 is 4.74 Å². The fourth-order valence-corrected chi connectivity index (χ4v) is 1.30. The topological polar surface area (TPSA) is 45.9 Å². The molecule has 1 unspecified atom stereocenters. The first-order valence-corrected chi connectivity index (χ1v) is 3.84. The minimum absolute atomic E-state index is 0.354. The first-order valence-electron chi connectivity index (χ1n) is 3.84. The van der Waals surface area contributed by atoms with Crippen LogP contribution in [0.5, 0.6) is 5.75 Å². The number of hydrogen-bond acceptors (Lipinski definition) is 3. The Morgan fingerprint density at radius 2 is 2.58 bits per heavy atom. The molecular formula is C9H8N2O. The van der Waals surface area contributed by atoms with Gasteiger partial charge in [-0.2, -0.15) is 5.26 Å². The van der Waals surface area contributed by atoms with E-state index in [2.05, 4.69) is 11.9 Å². The third-order valence-electron chi connectivity index (χ3n) is 1.97. The van der Waals surface area contributed by atoms with Crippen molar-refractivity contribution < 1.29 is 4.74 Å². The molecule has 0 fully saturated rings. The minimum Gasteiger partial charge on any atom is -0.491 e. The molecular weight excluding hydrogens is 152 g/mol. The summed E-state index contributed by atoms with van der Waals surface area (Å²) in [5, 5.41) is 8.59. The van der Waals surface area contributed by atoms with E-state index in [0.29, 0.717) is 18.1 Å². The van der Waals surface area contributed by atoms with Crippen molar-refractivity contribution >= 4 is 0 Å². The van der Waals surface area contributed by atoms with Crippen molar-refractivity contribution in [3.05, 3.63) is 23.5 Å². The molecule has 60 valence electrons. The molecule has 3 nitrogen and oxygen atoms in total. The Balaban J connectivity index is 2.50. The number of ether oxygens (including phenoxy) is 1. The molecule has 3 heteroatoms. The number of pyridine rings is 1. The molecule has 2 heterocycles. The van der Waals surface area contributed by atoms with Crippen LogP contribution in [0.3, 0.4) is 0 Å². The maximum Gasteiger partial charge on any atom is 0.142 e. The van der Waals surface area contributed by atoms with Crippen LogP contribution >= 0.6 is 0 Å². The van der Waals surface area contributed by atoms with Crippen LogP contribution in [0.1, 0.15) is 24.1 Å². The third kappa shape index (κ3) is 0.928. The van der Waals surface area contributed by atoms with Gasteiger partial charge in [-0.1, -0.05) is 6.92 Å². The second-order valence-electron chi connectivity index (χ2n) is 2.93. The van der Waals surface area contributed by atoms with Gasteiger partial charge >= 0.3 is 0 Å². The molecule has 0 aliphatic carbocycles. The summed E-state index contributed by atoms with van der Waals surface area (Å²) in [4.78, 5) is 4.16. The molecule has 1 aromatic rings. The second kappa shape index (κ2) is 2.49. The van der Waals surface area contributed by atoms with Crippen LogP contribution in [0.15, 0.2) is 12.3 Å². The molecule has 1 aromatic heterocycles. The lowest BCUT2D eigenvalue weighted by Gasteiger charge is -1.97. The van der Waals surface area contributed by atoms with Gasteiger partial charge in [-0.15, -0.1) is 0 Å². The van der Waals surface area contributed by atoms with Gasteiger partial charge in [0, 0.05) is 18.2 Å². The maximum atomic E-state index is 8.59. The van der Waals surface area contributed by atoms with E-state index >= 15 is 0 Å². The second-order valence-corrected chi connectivity index (χ2v) is 2.93. The Morgan fingerprint density at radius 3 is 3.33 bits per heavy atom. The summed E-state index contributed by atoms with van der Waals surface area (Å²) in [5.41, 5.74) is 1.52. The Labute approximate surface area is 70.6 Å². The van der Waals surface area contributed by atoms with Crippen molar-refractivity contribution in [1.82, 2.24) is 4.98 Å². The lowest BCUT2D eigenvalue weighted by molar-refractivity contribution is 0.337. The lowest BCUT2D eigenvalue weighted by Crippen LogP contribution is -1.94. The lowest BCUT2D eigenvalue weighted by atomic mass is 10.1. The normalized spacial score (nSPS) is 19.5. The third-order valence-corrected chi connectivity index (χ3v) is 1.97. The van der Waals surface area contributed by atoms with Crippen molar-refractivity contribution in [1.29, 1.82) is 5.26 Å². The van der Waals surface area contributed by atoms with Gasteiger partial charge in [-0.3, -0.25) is 4.98 Å². The van der Waals surface area contributed by atoms with Gasteiger partial charge in [0.2, 0.25) is 0 Å². The molecule has 0 N–H and O–H groups in total. The van der Waals surface area contributed by atoms with E-state index in [9.17, 15) is 0 Å². The summed E-state index contributed by atoms with van der Waals surface area (Å²) in [6.07, 6.45) is 1.59. The number of hydrogen-bond donors (Lipinski definition) is 0. The van der Waals surface area contributed by atoms with E-state index in [-0.39, 0.29) is 0 Å². The smallest absolute Gasteiger partial charge is 0.142 e. The van der Waals surface area contributed by atoms with Crippen LogP contribution in [0.25, 0.3) is 0 Å². The molecule has 0 spiro atoms. The zero-order valence-electron chi connectivity index (χ0n) is 6.74. The zero-order valence-corrected chi connectivity index (χ0v) is 6.74. The molecule has 0 bridgehead atoms. The van der Waals surface area contributed by atoms with E-state index in [1.54, 1.807) is 12.3 Å². The summed E-state index contributed by atoms with van der Waals surface area (Å²) in [5.74, 6) is 1.12. The molecule has 0 radical (unpaired) electrons.